The molecule has 2 rings (SSSR count). The predicted molar refractivity (Wildman–Crippen MR) is 99.5 cm³/mol. The lowest BCUT2D eigenvalue weighted by atomic mass is 9.63. The van der Waals surface area contributed by atoms with Gasteiger partial charge in [-0.25, -0.2) is 0 Å². The van der Waals surface area contributed by atoms with Gasteiger partial charge in [-0.2, -0.15) is 0 Å². The standard InChI is InChI=1S/C21H26O6/c1-4-26-19(23)17-15(12-11-14-9-7-6-8-10-14)18(20(24)27-5-2)21(3,25)13-16(17)22/h6-12,15,17-18,25H,4-5,13H2,1-3H3/b12-11+. The summed E-state index contributed by atoms with van der Waals surface area (Å²) in [6.45, 7) is 5.01. The highest BCUT2D eigenvalue weighted by atomic mass is 16.5. The van der Waals surface area contributed by atoms with Crippen LogP contribution in [0.4, 0.5) is 0 Å². The van der Waals surface area contributed by atoms with Gasteiger partial charge in [-0.3, -0.25) is 14.4 Å². The molecule has 1 saturated carbocycles. The molecule has 0 aromatic heterocycles. The molecular formula is C21H26O6. The highest BCUT2D eigenvalue weighted by Gasteiger charge is 2.55. The molecule has 1 aromatic carbocycles. The summed E-state index contributed by atoms with van der Waals surface area (Å²) in [5.74, 6) is -4.83. The maximum Gasteiger partial charge on any atom is 0.317 e. The van der Waals surface area contributed by atoms with Crippen molar-refractivity contribution in [2.75, 3.05) is 13.2 Å². The van der Waals surface area contributed by atoms with Gasteiger partial charge in [0.05, 0.1) is 24.7 Å². The summed E-state index contributed by atoms with van der Waals surface area (Å²) in [4.78, 5) is 37.7. The molecule has 146 valence electrons. The van der Waals surface area contributed by atoms with Crippen LogP contribution in [0.25, 0.3) is 6.08 Å². The molecule has 1 N–H and O–H groups in total. The van der Waals surface area contributed by atoms with Crippen LogP contribution >= 0.6 is 0 Å². The van der Waals surface area contributed by atoms with Gasteiger partial charge in [-0.05, 0) is 26.3 Å². The van der Waals surface area contributed by atoms with Gasteiger partial charge < -0.3 is 14.6 Å². The average Bonchev–Trinajstić information content (AvgIpc) is 2.59. The Kier molecular flexibility index (Phi) is 6.91. The Bertz CT molecular complexity index is 707. The molecule has 0 heterocycles. The van der Waals surface area contributed by atoms with Crippen LogP contribution in [0.1, 0.15) is 32.8 Å². The summed E-state index contributed by atoms with van der Waals surface area (Å²) in [6.07, 6.45) is 3.05. The van der Waals surface area contributed by atoms with Gasteiger partial charge in [0.15, 0.2) is 5.78 Å². The number of aliphatic hydroxyl groups is 1. The molecule has 4 unspecified atom stereocenters. The third-order valence-electron chi connectivity index (χ3n) is 4.71. The normalized spacial score (nSPS) is 28.1. The fourth-order valence-corrected chi connectivity index (χ4v) is 3.57. The van der Waals surface area contributed by atoms with E-state index in [4.69, 9.17) is 9.47 Å². The van der Waals surface area contributed by atoms with E-state index in [0.717, 1.165) is 5.56 Å². The number of carbonyl (C=O) groups excluding carboxylic acids is 3. The zero-order chi connectivity index (χ0) is 20.0. The number of esters is 2. The Morgan fingerprint density at radius 3 is 2.33 bits per heavy atom. The lowest BCUT2D eigenvalue weighted by molar-refractivity contribution is -0.174. The van der Waals surface area contributed by atoms with Crippen LogP contribution in [0, 0.1) is 17.8 Å². The molecule has 0 saturated heterocycles. The second kappa shape index (κ2) is 8.95. The summed E-state index contributed by atoms with van der Waals surface area (Å²) in [6, 6.07) is 9.30. The zero-order valence-electron chi connectivity index (χ0n) is 15.9. The average molecular weight is 374 g/mol. The molecule has 6 nitrogen and oxygen atoms in total. The summed E-state index contributed by atoms with van der Waals surface area (Å²) in [5.41, 5.74) is -0.765. The minimum Gasteiger partial charge on any atom is -0.466 e. The molecule has 0 spiro atoms. The number of hydrogen-bond donors (Lipinski definition) is 1. The van der Waals surface area contributed by atoms with E-state index in [9.17, 15) is 19.5 Å². The first-order valence-electron chi connectivity index (χ1n) is 9.13. The van der Waals surface area contributed by atoms with Crippen molar-refractivity contribution in [1.29, 1.82) is 0 Å². The molecule has 1 aliphatic carbocycles. The van der Waals surface area contributed by atoms with Crippen molar-refractivity contribution >= 4 is 23.8 Å². The molecule has 1 aliphatic rings. The van der Waals surface area contributed by atoms with E-state index in [-0.39, 0.29) is 19.6 Å². The third kappa shape index (κ3) is 4.83. The summed E-state index contributed by atoms with van der Waals surface area (Å²) in [7, 11) is 0. The summed E-state index contributed by atoms with van der Waals surface area (Å²) in [5, 5.41) is 10.8. The number of ketones is 1. The van der Waals surface area contributed by atoms with Gasteiger partial charge in [-0.1, -0.05) is 42.5 Å². The van der Waals surface area contributed by atoms with E-state index in [0.29, 0.717) is 0 Å². The summed E-state index contributed by atoms with van der Waals surface area (Å²) < 4.78 is 10.2. The molecule has 1 fully saturated rings. The minimum absolute atomic E-state index is 0.123. The molecule has 4 atom stereocenters. The van der Waals surface area contributed by atoms with E-state index in [1.54, 1.807) is 26.0 Å². The second-order valence-electron chi connectivity index (χ2n) is 6.81. The topological polar surface area (TPSA) is 89.9 Å². The molecular weight excluding hydrogens is 348 g/mol. The van der Waals surface area contributed by atoms with Gasteiger partial charge in [0, 0.05) is 12.3 Å². The highest BCUT2D eigenvalue weighted by molar-refractivity contribution is 6.02. The highest BCUT2D eigenvalue weighted by Crippen LogP contribution is 2.42. The quantitative estimate of drug-likeness (QED) is 0.607. The Labute approximate surface area is 159 Å². The van der Waals surface area contributed by atoms with Crippen LogP contribution in [0.5, 0.6) is 0 Å². The molecule has 0 amide bonds. The maximum atomic E-state index is 12.6. The number of allylic oxidation sites excluding steroid dienone is 1. The number of carbonyl (C=O) groups is 3. The minimum atomic E-state index is -1.61. The Morgan fingerprint density at radius 1 is 1.15 bits per heavy atom. The molecule has 0 aliphatic heterocycles. The number of rotatable bonds is 6. The first-order chi connectivity index (χ1) is 12.8. The van der Waals surface area contributed by atoms with Crippen LogP contribution in [-0.4, -0.2) is 41.6 Å². The van der Waals surface area contributed by atoms with Crippen molar-refractivity contribution in [1.82, 2.24) is 0 Å². The third-order valence-corrected chi connectivity index (χ3v) is 4.71. The van der Waals surface area contributed by atoms with E-state index >= 15 is 0 Å². The number of Topliss-reactive ketones (excluding diaryl/α,β-unsaturated/α-hetero) is 1. The van der Waals surface area contributed by atoms with Crippen molar-refractivity contribution in [3.8, 4) is 0 Å². The van der Waals surface area contributed by atoms with Gasteiger partial charge >= 0.3 is 11.9 Å². The summed E-state index contributed by atoms with van der Waals surface area (Å²) >= 11 is 0. The van der Waals surface area contributed by atoms with Crippen molar-refractivity contribution in [3.63, 3.8) is 0 Å². The van der Waals surface area contributed by atoms with Gasteiger partial charge in [0.2, 0.25) is 0 Å². The van der Waals surface area contributed by atoms with E-state index < -0.39 is 41.1 Å². The van der Waals surface area contributed by atoms with E-state index in [1.807, 2.05) is 30.3 Å². The predicted octanol–water partition coefficient (Wildman–Crippen LogP) is 2.40. The maximum absolute atomic E-state index is 12.6. The SMILES string of the molecule is CCOC(=O)C1C(=O)CC(C)(O)C(C(=O)OCC)C1/C=C/c1ccccc1. The zero-order valence-corrected chi connectivity index (χ0v) is 15.9. The Hall–Kier alpha value is -2.47. The fraction of sp³-hybridized carbons (Fsp3) is 0.476. The van der Waals surface area contributed by atoms with Gasteiger partial charge in [-0.15, -0.1) is 0 Å². The Balaban J connectivity index is 2.48. The van der Waals surface area contributed by atoms with Crippen LogP contribution in [0.15, 0.2) is 36.4 Å². The lowest BCUT2D eigenvalue weighted by Gasteiger charge is -2.42. The smallest absolute Gasteiger partial charge is 0.317 e. The molecule has 0 bridgehead atoms. The first-order valence-corrected chi connectivity index (χ1v) is 9.13. The molecule has 0 radical (unpaired) electrons. The largest absolute Gasteiger partial charge is 0.466 e. The van der Waals surface area contributed by atoms with Crippen LogP contribution in [-0.2, 0) is 23.9 Å². The van der Waals surface area contributed by atoms with Crippen molar-refractivity contribution < 1.29 is 29.0 Å². The molecule has 6 heteroatoms. The van der Waals surface area contributed by atoms with Crippen LogP contribution in [0.2, 0.25) is 0 Å². The number of hydrogen-bond acceptors (Lipinski definition) is 6. The fourth-order valence-electron chi connectivity index (χ4n) is 3.57. The lowest BCUT2D eigenvalue weighted by Crippen LogP contribution is -2.55. The van der Waals surface area contributed by atoms with E-state index in [1.165, 1.54) is 6.92 Å². The van der Waals surface area contributed by atoms with Crippen LogP contribution < -0.4 is 0 Å². The van der Waals surface area contributed by atoms with E-state index in [2.05, 4.69) is 0 Å². The number of benzene rings is 1. The van der Waals surface area contributed by atoms with Crippen molar-refractivity contribution in [2.45, 2.75) is 32.8 Å². The first kappa shape index (κ1) is 20.8. The van der Waals surface area contributed by atoms with Gasteiger partial charge in [0.1, 0.15) is 5.92 Å². The van der Waals surface area contributed by atoms with Gasteiger partial charge in [0.25, 0.3) is 0 Å². The van der Waals surface area contributed by atoms with Crippen LogP contribution in [0.3, 0.4) is 0 Å². The molecule has 27 heavy (non-hydrogen) atoms. The molecule has 1 aromatic rings. The van der Waals surface area contributed by atoms with Crippen molar-refractivity contribution in [3.05, 3.63) is 42.0 Å². The second-order valence-corrected chi connectivity index (χ2v) is 6.81. The monoisotopic (exact) mass is 374 g/mol. The Morgan fingerprint density at radius 2 is 1.74 bits per heavy atom. The number of ether oxygens (including phenoxy) is 2. The van der Waals surface area contributed by atoms with Crippen molar-refractivity contribution in [2.24, 2.45) is 17.8 Å².